The zero-order chi connectivity index (χ0) is 23.9. The third-order valence-electron chi connectivity index (χ3n) is 5.95. The maximum atomic E-state index is 12.5. The van der Waals surface area contributed by atoms with E-state index in [-0.39, 0.29) is 18.9 Å². The molecular formula is C26H29N3O5. The summed E-state index contributed by atoms with van der Waals surface area (Å²) in [6.45, 7) is 6.60. The lowest BCUT2D eigenvalue weighted by molar-refractivity contribution is -0.151. The van der Waals surface area contributed by atoms with Gasteiger partial charge in [-0.05, 0) is 43.7 Å². The second-order valence-corrected chi connectivity index (χ2v) is 8.28. The van der Waals surface area contributed by atoms with Gasteiger partial charge in [-0.1, -0.05) is 35.5 Å². The minimum atomic E-state index is -0.430. The largest absolute Gasteiger partial charge is 0.489 e. The smallest absolute Gasteiger partial charge is 0.310 e. The Morgan fingerprint density at radius 2 is 1.68 bits per heavy atom. The molecule has 0 atom stereocenters. The molecule has 8 nitrogen and oxygen atoms in total. The quantitative estimate of drug-likeness (QED) is 0.474. The van der Waals surface area contributed by atoms with Crippen LogP contribution in [0.2, 0.25) is 0 Å². The SMILES string of the molecule is Cc1noc(C)c1COc1ccc(CC(=O)OCC(=O)N2CCN(c3ccccc3)CC2)cc1. The normalized spacial score (nSPS) is 13.6. The highest BCUT2D eigenvalue weighted by atomic mass is 16.5. The molecule has 2 heterocycles. The van der Waals surface area contributed by atoms with E-state index in [2.05, 4.69) is 22.2 Å². The molecular weight excluding hydrogens is 434 g/mol. The van der Waals surface area contributed by atoms with Crippen LogP contribution in [-0.2, 0) is 27.4 Å². The molecule has 34 heavy (non-hydrogen) atoms. The predicted molar refractivity (Wildman–Crippen MR) is 127 cm³/mol. The lowest BCUT2D eigenvalue weighted by Gasteiger charge is -2.36. The van der Waals surface area contributed by atoms with E-state index in [1.165, 1.54) is 0 Å². The van der Waals surface area contributed by atoms with Crippen molar-refractivity contribution in [2.75, 3.05) is 37.7 Å². The van der Waals surface area contributed by atoms with Crippen LogP contribution in [0.3, 0.4) is 0 Å². The van der Waals surface area contributed by atoms with Crippen LogP contribution in [0.5, 0.6) is 5.75 Å². The van der Waals surface area contributed by atoms with Crippen molar-refractivity contribution in [1.82, 2.24) is 10.1 Å². The number of aryl methyl sites for hydroxylation is 2. The molecule has 2 aromatic carbocycles. The van der Waals surface area contributed by atoms with E-state index in [1.807, 2.05) is 44.2 Å². The minimum Gasteiger partial charge on any atom is -0.489 e. The number of amides is 1. The number of ether oxygens (including phenoxy) is 2. The van der Waals surface area contributed by atoms with E-state index in [0.29, 0.717) is 25.4 Å². The molecule has 1 aromatic heterocycles. The number of hydrogen-bond donors (Lipinski definition) is 0. The Hall–Kier alpha value is -3.81. The summed E-state index contributed by atoms with van der Waals surface area (Å²) in [6.07, 6.45) is 0.0964. The van der Waals surface area contributed by atoms with Gasteiger partial charge in [0.1, 0.15) is 18.1 Å². The van der Waals surface area contributed by atoms with Gasteiger partial charge in [-0.2, -0.15) is 0 Å². The van der Waals surface area contributed by atoms with Crippen LogP contribution in [0, 0.1) is 13.8 Å². The van der Waals surface area contributed by atoms with Crippen LogP contribution < -0.4 is 9.64 Å². The molecule has 4 rings (SSSR count). The van der Waals surface area contributed by atoms with Crippen molar-refractivity contribution in [2.45, 2.75) is 26.9 Å². The molecule has 0 radical (unpaired) electrons. The van der Waals surface area contributed by atoms with Gasteiger partial charge in [0.25, 0.3) is 5.91 Å². The summed E-state index contributed by atoms with van der Waals surface area (Å²) in [5.41, 5.74) is 3.68. The summed E-state index contributed by atoms with van der Waals surface area (Å²) < 4.78 is 16.2. The Balaban J connectivity index is 1.18. The van der Waals surface area contributed by atoms with Gasteiger partial charge in [-0.25, -0.2) is 0 Å². The molecule has 1 amide bonds. The Bertz CT molecular complexity index is 1080. The topological polar surface area (TPSA) is 85.1 Å². The summed E-state index contributed by atoms with van der Waals surface area (Å²) in [5, 5.41) is 3.92. The molecule has 3 aromatic rings. The summed E-state index contributed by atoms with van der Waals surface area (Å²) >= 11 is 0. The number of esters is 1. The fraction of sp³-hybridized carbons (Fsp3) is 0.346. The highest BCUT2D eigenvalue weighted by Crippen LogP contribution is 2.19. The summed E-state index contributed by atoms with van der Waals surface area (Å²) in [7, 11) is 0. The van der Waals surface area contributed by atoms with Crippen molar-refractivity contribution >= 4 is 17.6 Å². The van der Waals surface area contributed by atoms with Gasteiger partial charge in [0.2, 0.25) is 0 Å². The van der Waals surface area contributed by atoms with Gasteiger partial charge >= 0.3 is 5.97 Å². The fourth-order valence-corrected chi connectivity index (χ4v) is 3.87. The standard InChI is InChI=1S/C26H29N3O5/c1-19-24(20(2)34-27-19)17-32-23-10-8-21(9-11-23)16-26(31)33-18-25(30)29-14-12-28(13-15-29)22-6-4-3-5-7-22/h3-11H,12-18H2,1-2H3. The molecule has 0 spiro atoms. The number of piperazine rings is 1. The second-order valence-electron chi connectivity index (χ2n) is 8.28. The van der Waals surface area contributed by atoms with Gasteiger partial charge in [0.05, 0.1) is 17.7 Å². The summed E-state index contributed by atoms with van der Waals surface area (Å²) in [6, 6.07) is 17.4. The molecule has 0 N–H and O–H groups in total. The zero-order valence-electron chi connectivity index (χ0n) is 19.5. The first-order chi connectivity index (χ1) is 16.5. The first kappa shape index (κ1) is 23.4. The second kappa shape index (κ2) is 10.9. The average molecular weight is 464 g/mol. The summed E-state index contributed by atoms with van der Waals surface area (Å²) in [4.78, 5) is 28.7. The molecule has 1 saturated heterocycles. The highest BCUT2D eigenvalue weighted by Gasteiger charge is 2.22. The van der Waals surface area contributed by atoms with Crippen LogP contribution in [0.25, 0.3) is 0 Å². The van der Waals surface area contributed by atoms with E-state index in [1.54, 1.807) is 17.0 Å². The molecule has 0 aliphatic carbocycles. The molecule has 8 heteroatoms. The molecule has 0 bridgehead atoms. The van der Waals surface area contributed by atoms with Crippen molar-refractivity contribution in [3.63, 3.8) is 0 Å². The van der Waals surface area contributed by atoms with Crippen LogP contribution >= 0.6 is 0 Å². The lowest BCUT2D eigenvalue weighted by atomic mass is 10.1. The van der Waals surface area contributed by atoms with Gasteiger partial charge < -0.3 is 23.8 Å². The number of anilines is 1. The Morgan fingerprint density at radius 1 is 0.971 bits per heavy atom. The number of carbonyl (C=O) groups excluding carboxylic acids is 2. The Morgan fingerprint density at radius 3 is 2.32 bits per heavy atom. The van der Waals surface area contributed by atoms with Crippen molar-refractivity contribution in [2.24, 2.45) is 0 Å². The monoisotopic (exact) mass is 463 g/mol. The number of nitrogens with zero attached hydrogens (tertiary/aromatic N) is 3. The third-order valence-corrected chi connectivity index (χ3v) is 5.95. The van der Waals surface area contributed by atoms with E-state index >= 15 is 0 Å². The molecule has 1 fully saturated rings. The van der Waals surface area contributed by atoms with E-state index in [0.717, 1.165) is 41.4 Å². The third kappa shape index (κ3) is 5.95. The Kier molecular flexibility index (Phi) is 7.47. The van der Waals surface area contributed by atoms with Crippen LogP contribution in [-0.4, -0.2) is 54.7 Å². The molecule has 1 aliphatic heterocycles. The van der Waals surface area contributed by atoms with Crippen LogP contribution in [0.4, 0.5) is 5.69 Å². The van der Waals surface area contributed by atoms with E-state index in [4.69, 9.17) is 14.0 Å². The number of aromatic nitrogens is 1. The zero-order valence-corrected chi connectivity index (χ0v) is 19.5. The number of rotatable bonds is 8. The Labute approximate surface area is 199 Å². The van der Waals surface area contributed by atoms with Gasteiger partial charge in [0.15, 0.2) is 6.61 Å². The first-order valence-corrected chi connectivity index (χ1v) is 11.4. The highest BCUT2D eigenvalue weighted by molar-refractivity contribution is 5.81. The van der Waals surface area contributed by atoms with Crippen molar-refractivity contribution in [1.29, 1.82) is 0 Å². The lowest BCUT2D eigenvalue weighted by Crippen LogP contribution is -2.49. The number of para-hydroxylation sites is 1. The van der Waals surface area contributed by atoms with E-state index < -0.39 is 5.97 Å². The predicted octanol–water partition coefficient (Wildman–Crippen LogP) is 3.30. The van der Waals surface area contributed by atoms with Crippen molar-refractivity contribution < 1.29 is 23.6 Å². The molecule has 0 saturated carbocycles. The van der Waals surface area contributed by atoms with E-state index in [9.17, 15) is 9.59 Å². The maximum Gasteiger partial charge on any atom is 0.310 e. The van der Waals surface area contributed by atoms with Gasteiger partial charge in [0, 0.05) is 31.9 Å². The molecule has 1 aliphatic rings. The van der Waals surface area contributed by atoms with Gasteiger partial charge in [-0.3, -0.25) is 9.59 Å². The average Bonchev–Trinajstić information content (AvgIpc) is 3.19. The molecule has 178 valence electrons. The number of carbonyl (C=O) groups is 2. The number of benzene rings is 2. The van der Waals surface area contributed by atoms with Crippen LogP contribution in [0.1, 0.15) is 22.6 Å². The van der Waals surface area contributed by atoms with Crippen LogP contribution in [0.15, 0.2) is 59.1 Å². The minimum absolute atomic E-state index is 0.0964. The van der Waals surface area contributed by atoms with Crippen molar-refractivity contribution in [3.05, 3.63) is 77.2 Å². The summed E-state index contributed by atoms with van der Waals surface area (Å²) in [5.74, 6) is 0.830. The fourth-order valence-electron chi connectivity index (χ4n) is 3.87. The van der Waals surface area contributed by atoms with Gasteiger partial charge in [-0.15, -0.1) is 0 Å². The van der Waals surface area contributed by atoms with Crippen molar-refractivity contribution in [3.8, 4) is 5.75 Å². The molecule has 0 unspecified atom stereocenters. The maximum absolute atomic E-state index is 12.5. The number of hydrogen-bond acceptors (Lipinski definition) is 7. The first-order valence-electron chi connectivity index (χ1n) is 11.4.